The molecule has 0 saturated carbocycles. The molecule has 1 heterocycles. The Morgan fingerprint density at radius 2 is 1.96 bits per heavy atom. The normalized spacial score (nSPS) is 11.2. The number of aromatic nitrogens is 2. The molecule has 26 heavy (non-hydrogen) atoms. The second-order valence-electron chi connectivity index (χ2n) is 5.93. The standard InChI is InChI=1S/C18H20FN3O4/c1-3-18(4-2,17(25)26)11-20-16(24)15-14(23)8-9-22(21-15)13-7-5-6-12(19)10-13/h5-10H,3-4,11H2,1-2H3,(H,20,24)(H,25,26). The van der Waals surface area contributed by atoms with Crippen molar-refractivity contribution < 1.29 is 19.1 Å². The highest BCUT2D eigenvalue weighted by atomic mass is 19.1. The van der Waals surface area contributed by atoms with Gasteiger partial charge in [-0.25, -0.2) is 9.07 Å². The van der Waals surface area contributed by atoms with Crippen LogP contribution >= 0.6 is 0 Å². The first-order valence-corrected chi connectivity index (χ1v) is 8.20. The zero-order chi connectivity index (χ0) is 19.3. The number of nitrogens with one attached hydrogen (secondary N) is 1. The van der Waals surface area contributed by atoms with E-state index in [2.05, 4.69) is 10.4 Å². The van der Waals surface area contributed by atoms with Gasteiger partial charge in [-0.3, -0.25) is 14.4 Å². The Morgan fingerprint density at radius 1 is 1.27 bits per heavy atom. The monoisotopic (exact) mass is 361 g/mol. The van der Waals surface area contributed by atoms with Crippen molar-refractivity contribution in [2.75, 3.05) is 6.54 Å². The third-order valence-corrected chi connectivity index (χ3v) is 4.49. The molecule has 0 atom stereocenters. The highest BCUT2D eigenvalue weighted by molar-refractivity contribution is 5.92. The summed E-state index contributed by atoms with van der Waals surface area (Å²) in [5.74, 6) is -2.26. The van der Waals surface area contributed by atoms with Gasteiger partial charge in [0, 0.05) is 18.8 Å². The number of carbonyl (C=O) groups is 2. The van der Waals surface area contributed by atoms with Crippen LogP contribution in [0.5, 0.6) is 0 Å². The van der Waals surface area contributed by atoms with Crippen LogP contribution in [0.2, 0.25) is 0 Å². The number of nitrogens with zero attached hydrogens (tertiary/aromatic N) is 2. The summed E-state index contributed by atoms with van der Waals surface area (Å²) in [5.41, 5.74) is -1.75. The number of amides is 1. The number of aliphatic carboxylic acids is 1. The molecule has 7 nitrogen and oxygen atoms in total. The minimum absolute atomic E-state index is 0.121. The van der Waals surface area contributed by atoms with E-state index in [1.165, 1.54) is 29.1 Å². The molecule has 0 saturated heterocycles. The largest absolute Gasteiger partial charge is 0.481 e. The van der Waals surface area contributed by atoms with Gasteiger partial charge in [0.15, 0.2) is 5.69 Å². The van der Waals surface area contributed by atoms with Gasteiger partial charge in [0.1, 0.15) is 5.82 Å². The Balaban J connectivity index is 2.28. The van der Waals surface area contributed by atoms with Crippen LogP contribution in [0.25, 0.3) is 5.69 Å². The first-order valence-electron chi connectivity index (χ1n) is 8.20. The van der Waals surface area contributed by atoms with Gasteiger partial charge in [0.2, 0.25) is 5.43 Å². The Morgan fingerprint density at radius 3 is 2.54 bits per heavy atom. The Bertz CT molecular complexity index is 875. The average Bonchev–Trinajstić information content (AvgIpc) is 2.63. The van der Waals surface area contributed by atoms with Crippen LogP contribution < -0.4 is 10.7 Å². The minimum atomic E-state index is -1.11. The number of hydrogen-bond donors (Lipinski definition) is 2. The molecule has 0 aliphatic heterocycles. The lowest BCUT2D eigenvalue weighted by molar-refractivity contribution is -0.149. The van der Waals surface area contributed by atoms with Gasteiger partial charge in [-0.2, -0.15) is 5.10 Å². The molecule has 0 unspecified atom stereocenters. The summed E-state index contributed by atoms with van der Waals surface area (Å²) in [7, 11) is 0. The Labute approximate surface area is 149 Å². The number of carbonyl (C=O) groups excluding carboxylic acids is 1. The van der Waals surface area contributed by atoms with Crippen molar-refractivity contribution in [2.45, 2.75) is 26.7 Å². The highest BCUT2D eigenvalue weighted by Gasteiger charge is 2.35. The first-order chi connectivity index (χ1) is 12.3. The second-order valence-corrected chi connectivity index (χ2v) is 5.93. The minimum Gasteiger partial charge on any atom is -0.481 e. The van der Waals surface area contributed by atoms with Crippen molar-refractivity contribution in [3.63, 3.8) is 0 Å². The van der Waals surface area contributed by atoms with Crippen molar-refractivity contribution >= 4 is 11.9 Å². The summed E-state index contributed by atoms with van der Waals surface area (Å²) < 4.78 is 14.6. The third-order valence-electron chi connectivity index (χ3n) is 4.49. The van der Waals surface area contributed by atoms with E-state index in [1.807, 2.05) is 0 Å². The Kier molecular flexibility index (Phi) is 5.86. The summed E-state index contributed by atoms with van der Waals surface area (Å²) in [5, 5.41) is 15.9. The topological polar surface area (TPSA) is 101 Å². The van der Waals surface area contributed by atoms with Gasteiger partial charge in [-0.15, -0.1) is 0 Å². The van der Waals surface area contributed by atoms with Crippen LogP contribution in [0.3, 0.4) is 0 Å². The zero-order valence-corrected chi connectivity index (χ0v) is 14.5. The SMILES string of the molecule is CCC(CC)(CNC(=O)c1nn(-c2cccc(F)c2)ccc1=O)C(=O)O. The van der Waals surface area contributed by atoms with E-state index >= 15 is 0 Å². The molecule has 0 bridgehead atoms. The molecule has 0 aliphatic carbocycles. The van der Waals surface area contributed by atoms with Gasteiger partial charge in [0.25, 0.3) is 5.91 Å². The van der Waals surface area contributed by atoms with Crippen LogP contribution in [0, 0.1) is 11.2 Å². The molecular formula is C18H20FN3O4. The molecule has 1 aromatic carbocycles. The van der Waals surface area contributed by atoms with E-state index in [0.717, 1.165) is 6.07 Å². The fraction of sp³-hybridized carbons (Fsp3) is 0.333. The fourth-order valence-corrected chi connectivity index (χ4v) is 2.54. The quantitative estimate of drug-likeness (QED) is 0.785. The summed E-state index contributed by atoms with van der Waals surface area (Å²) in [6.07, 6.45) is 1.98. The maximum Gasteiger partial charge on any atom is 0.311 e. The number of carboxylic acids is 1. The van der Waals surface area contributed by atoms with E-state index in [-0.39, 0.29) is 12.2 Å². The first kappa shape index (κ1) is 19.3. The molecule has 0 fully saturated rings. The van der Waals surface area contributed by atoms with Gasteiger partial charge >= 0.3 is 5.97 Å². The summed E-state index contributed by atoms with van der Waals surface area (Å²) in [6, 6.07) is 6.68. The van der Waals surface area contributed by atoms with Crippen LogP contribution in [0.15, 0.2) is 41.3 Å². The number of benzene rings is 1. The molecule has 1 amide bonds. The fourth-order valence-electron chi connectivity index (χ4n) is 2.54. The summed E-state index contributed by atoms with van der Waals surface area (Å²) in [6.45, 7) is 3.33. The molecule has 0 radical (unpaired) electrons. The number of halogens is 1. The lowest BCUT2D eigenvalue weighted by Crippen LogP contribution is -2.43. The number of rotatable bonds is 7. The van der Waals surface area contributed by atoms with Crippen LogP contribution in [-0.2, 0) is 4.79 Å². The van der Waals surface area contributed by atoms with Gasteiger partial charge < -0.3 is 10.4 Å². The molecular weight excluding hydrogens is 341 g/mol. The predicted molar refractivity (Wildman–Crippen MR) is 92.8 cm³/mol. The molecule has 2 rings (SSSR count). The molecule has 0 spiro atoms. The van der Waals surface area contributed by atoms with Gasteiger partial charge in [0.05, 0.1) is 11.1 Å². The van der Waals surface area contributed by atoms with Gasteiger partial charge in [-0.1, -0.05) is 19.9 Å². The second kappa shape index (κ2) is 7.90. The predicted octanol–water partition coefficient (Wildman–Crippen LogP) is 1.99. The zero-order valence-electron chi connectivity index (χ0n) is 14.5. The van der Waals surface area contributed by atoms with E-state index in [1.54, 1.807) is 19.9 Å². The molecule has 2 N–H and O–H groups in total. The molecule has 138 valence electrons. The van der Waals surface area contributed by atoms with Crippen molar-refractivity contribution in [2.24, 2.45) is 5.41 Å². The van der Waals surface area contributed by atoms with Crippen LogP contribution in [-0.4, -0.2) is 33.3 Å². The average molecular weight is 361 g/mol. The molecule has 2 aromatic rings. The highest BCUT2D eigenvalue weighted by Crippen LogP contribution is 2.25. The maximum absolute atomic E-state index is 13.4. The number of carboxylic acid groups (broad SMARTS) is 1. The van der Waals surface area contributed by atoms with E-state index in [9.17, 15) is 23.9 Å². The van der Waals surface area contributed by atoms with Crippen molar-refractivity contribution in [3.8, 4) is 5.69 Å². The molecule has 0 aliphatic rings. The van der Waals surface area contributed by atoms with Crippen molar-refractivity contribution in [1.29, 1.82) is 0 Å². The maximum atomic E-state index is 13.4. The van der Waals surface area contributed by atoms with Gasteiger partial charge in [-0.05, 0) is 31.0 Å². The molecule has 1 aromatic heterocycles. The number of hydrogen-bond acceptors (Lipinski definition) is 4. The smallest absolute Gasteiger partial charge is 0.311 e. The lowest BCUT2D eigenvalue weighted by atomic mass is 9.82. The third kappa shape index (κ3) is 3.96. The summed E-state index contributed by atoms with van der Waals surface area (Å²) in [4.78, 5) is 35.8. The summed E-state index contributed by atoms with van der Waals surface area (Å²) >= 11 is 0. The Hall–Kier alpha value is -3.03. The van der Waals surface area contributed by atoms with Crippen molar-refractivity contribution in [1.82, 2.24) is 15.1 Å². The van der Waals surface area contributed by atoms with E-state index < -0.39 is 28.5 Å². The van der Waals surface area contributed by atoms with E-state index in [0.29, 0.717) is 18.5 Å². The van der Waals surface area contributed by atoms with E-state index in [4.69, 9.17) is 0 Å². The van der Waals surface area contributed by atoms with Crippen LogP contribution in [0.4, 0.5) is 4.39 Å². The molecule has 8 heteroatoms. The van der Waals surface area contributed by atoms with Crippen molar-refractivity contribution in [3.05, 3.63) is 58.3 Å². The lowest BCUT2D eigenvalue weighted by Gasteiger charge is -2.26. The van der Waals surface area contributed by atoms with Crippen LogP contribution in [0.1, 0.15) is 37.2 Å².